The molecule has 0 aromatic heterocycles. The van der Waals surface area contributed by atoms with E-state index in [1.165, 1.54) is 0 Å². The number of carbonyl (C=O) groups excluding carboxylic acids is 1. The molecule has 1 atom stereocenters. The van der Waals surface area contributed by atoms with Crippen molar-refractivity contribution in [3.05, 3.63) is 23.8 Å². The monoisotopic (exact) mass is 334 g/mol. The predicted octanol–water partition coefficient (Wildman–Crippen LogP) is 2.83. The molecule has 1 heterocycles. The lowest BCUT2D eigenvalue weighted by molar-refractivity contribution is -0.121. The summed E-state index contributed by atoms with van der Waals surface area (Å²) in [5, 5.41) is 3.01. The fourth-order valence-electron chi connectivity index (χ4n) is 2.91. The number of fused-ring (bicyclic) bond motifs is 1. The molecule has 0 spiro atoms. The average Bonchev–Trinajstić information content (AvgIpc) is 2.71. The van der Waals surface area contributed by atoms with Gasteiger partial charge in [-0.3, -0.25) is 9.69 Å². The molecule has 0 saturated heterocycles. The second kappa shape index (κ2) is 8.92. The van der Waals surface area contributed by atoms with Crippen LogP contribution < -0.4 is 14.8 Å². The molecule has 1 aliphatic rings. The molecular weight excluding hydrogens is 304 g/mol. The van der Waals surface area contributed by atoms with E-state index in [1.807, 2.05) is 18.2 Å². The molecule has 1 amide bonds. The summed E-state index contributed by atoms with van der Waals surface area (Å²) in [5.74, 6) is 2.30. The third-order valence-corrected chi connectivity index (χ3v) is 4.22. The van der Waals surface area contributed by atoms with Gasteiger partial charge in [-0.15, -0.1) is 0 Å². The van der Waals surface area contributed by atoms with Crippen LogP contribution in [-0.2, 0) is 11.3 Å². The Bertz CT molecular complexity index is 545. The maximum absolute atomic E-state index is 11.8. The van der Waals surface area contributed by atoms with E-state index in [2.05, 4.69) is 31.0 Å². The largest absolute Gasteiger partial charge is 0.497 e. The molecule has 134 valence electrons. The Labute approximate surface area is 145 Å². The van der Waals surface area contributed by atoms with E-state index in [0.717, 1.165) is 43.1 Å². The normalized spacial score (nSPS) is 17.8. The lowest BCUT2D eigenvalue weighted by Crippen LogP contribution is -2.38. The van der Waals surface area contributed by atoms with Crippen LogP contribution in [0, 0.1) is 5.92 Å². The quantitative estimate of drug-likeness (QED) is 0.833. The van der Waals surface area contributed by atoms with Crippen LogP contribution in [0.3, 0.4) is 0 Å². The van der Waals surface area contributed by atoms with Gasteiger partial charge < -0.3 is 14.8 Å². The summed E-state index contributed by atoms with van der Waals surface area (Å²) in [5.41, 5.74) is 1.14. The van der Waals surface area contributed by atoms with E-state index in [-0.39, 0.29) is 12.0 Å². The van der Waals surface area contributed by atoms with Gasteiger partial charge in [0, 0.05) is 38.2 Å². The van der Waals surface area contributed by atoms with Crippen molar-refractivity contribution >= 4 is 5.91 Å². The molecule has 5 heteroatoms. The molecule has 24 heavy (non-hydrogen) atoms. The summed E-state index contributed by atoms with van der Waals surface area (Å²) in [4.78, 5) is 14.1. The second-order valence-electron chi connectivity index (χ2n) is 6.80. The zero-order valence-corrected chi connectivity index (χ0v) is 15.3. The number of hydrogen-bond acceptors (Lipinski definition) is 4. The summed E-state index contributed by atoms with van der Waals surface area (Å²) >= 11 is 0. The van der Waals surface area contributed by atoms with Gasteiger partial charge >= 0.3 is 0 Å². The molecule has 1 aromatic rings. The number of hydrogen-bond donors (Lipinski definition) is 1. The summed E-state index contributed by atoms with van der Waals surface area (Å²) < 4.78 is 11.5. The second-order valence-corrected chi connectivity index (χ2v) is 6.80. The van der Waals surface area contributed by atoms with Gasteiger partial charge in [-0.05, 0) is 30.5 Å². The molecule has 0 aliphatic carbocycles. The van der Waals surface area contributed by atoms with E-state index in [9.17, 15) is 4.79 Å². The molecular formula is C19H30N2O3. The number of nitrogens with one attached hydrogen (secondary N) is 1. The van der Waals surface area contributed by atoms with Gasteiger partial charge in [-0.2, -0.15) is 0 Å². The number of amides is 1. The van der Waals surface area contributed by atoms with Crippen molar-refractivity contribution in [3.63, 3.8) is 0 Å². The number of nitrogens with zero attached hydrogens (tertiary/aromatic N) is 1. The summed E-state index contributed by atoms with van der Waals surface area (Å²) in [7, 11) is 1.68. The van der Waals surface area contributed by atoms with Gasteiger partial charge in [0.25, 0.3) is 0 Å². The zero-order chi connectivity index (χ0) is 17.5. The fourth-order valence-corrected chi connectivity index (χ4v) is 2.91. The highest BCUT2D eigenvalue weighted by Crippen LogP contribution is 2.29. The van der Waals surface area contributed by atoms with E-state index < -0.39 is 0 Å². The maximum Gasteiger partial charge on any atom is 0.220 e. The number of carbonyl (C=O) groups is 1. The van der Waals surface area contributed by atoms with Crippen LogP contribution in [0.4, 0.5) is 0 Å². The third-order valence-electron chi connectivity index (χ3n) is 4.22. The van der Waals surface area contributed by atoms with E-state index >= 15 is 0 Å². The van der Waals surface area contributed by atoms with E-state index in [1.54, 1.807) is 7.11 Å². The Morgan fingerprint density at radius 3 is 2.92 bits per heavy atom. The summed E-state index contributed by atoms with van der Waals surface area (Å²) in [6, 6.07) is 5.97. The van der Waals surface area contributed by atoms with Crippen LogP contribution in [0.1, 0.15) is 39.2 Å². The topological polar surface area (TPSA) is 50.8 Å². The van der Waals surface area contributed by atoms with Crippen molar-refractivity contribution in [3.8, 4) is 11.5 Å². The predicted molar refractivity (Wildman–Crippen MR) is 95.4 cm³/mol. The number of benzene rings is 1. The Morgan fingerprint density at radius 1 is 1.46 bits per heavy atom. The van der Waals surface area contributed by atoms with E-state index in [0.29, 0.717) is 18.9 Å². The first-order valence-corrected chi connectivity index (χ1v) is 8.84. The van der Waals surface area contributed by atoms with Crippen molar-refractivity contribution in [1.29, 1.82) is 0 Å². The van der Waals surface area contributed by atoms with E-state index in [4.69, 9.17) is 9.47 Å². The molecule has 1 unspecified atom stereocenters. The Kier molecular flexibility index (Phi) is 6.91. The van der Waals surface area contributed by atoms with Crippen LogP contribution in [0.15, 0.2) is 18.2 Å². The highest BCUT2D eigenvalue weighted by molar-refractivity contribution is 5.76. The molecule has 1 aromatic carbocycles. The number of rotatable bonds is 7. The molecule has 0 fully saturated rings. The molecule has 1 aliphatic heterocycles. The summed E-state index contributed by atoms with van der Waals surface area (Å²) in [6.07, 6.45) is 1.72. The first kappa shape index (κ1) is 18.6. The van der Waals surface area contributed by atoms with Crippen LogP contribution >= 0.6 is 0 Å². The van der Waals surface area contributed by atoms with Gasteiger partial charge in [-0.25, -0.2) is 0 Å². The average molecular weight is 334 g/mol. The van der Waals surface area contributed by atoms with Crippen molar-refractivity contribution in [2.75, 3.05) is 26.7 Å². The third kappa shape index (κ3) is 5.41. The molecule has 2 rings (SSSR count). The first-order valence-electron chi connectivity index (χ1n) is 8.84. The van der Waals surface area contributed by atoms with Gasteiger partial charge in [0.15, 0.2) is 0 Å². The van der Waals surface area contributed by atoms with Gasteiger partial charge in [-0.1, -0.05) is 20.8 Å². The smallest absolute Gasteiger partial charge is 0.220 e. The lowest BCUT2D eigenvalue weighted by Gasteiger charge is -2.23. The van der Waals surface area contributed by atoms with Crippen LogP contribution in [0.25, 0.3) is 0 Å². The van der Waals surface area contributed by atoms with Crippen LogP contribution in [-0.4, -0.2) is 43.7 Å². The number of methoxy groups -OCH3 is 1. The molecule has 0 radical (unpaired) electrons. The lowest BCUT2D eigenvalue weighted by atomic mass is 10.1. The van der Waals surface area contributed by atoms with Gasteiger partial charge in [0.1, 0.15) is 17.6 Å². The van der Waals surface area contributed by atoms with Gasteiger partial charge in [0.05, 0.1) is 7.11 Å². The Hall–Kier alpha value is -1.75. The SMILES string of the molecule is CCC1CN(CCNC(=O)CC(C)C)Cc2cc(OC)ccc2O1. The molecule has 5 nitrogen and oxygen atoms in total. The summed E-state index contributed by atoms with van der Waals surface area (Å²) in [6.45, 7) is 9.42. The molecule has 1 N–H and O–H groups in total. The molecule has 0 saturated carbocycles. The van der Waals surface area contributed by atoms with Crippen LogP contribution in [0.2, 0.25) is 0 Å². The Morgan fingerprint density at radius 2 is 2.25 bits per heavy atom. The maximum atomic E-state index is 11.8. The van der Waals surface area contributed by atoms with Crippen molar-refractivity contribution in [2.24, 2.45) is 5.92 Å². The van der Waals surface area contributed by atoms with Crippen molar-refractivity contribution in [1.82, 2.24) is 10.2 Å². The fraction of sp³-hybridized carbons (Fsp3) is 0.632. The first-order chi connectivity index (χ1) is 11.5. The van der Waals surface area contributed by atoms with Crippen molar-refractivity contribution < 1.29 is 14.3 Å². The minimum atomic E-state index is 0.130. The minimum absolute atomic E-state index is 0.130. The van der Waals surface area contributed by atoms with Gasteiger partial charge in [0.2, 0.25) is 5.91 Å². The standard InChI is InChI=1S/C19H30N2O3/c1-5-16-13-21(9-8-20-19(22)10-14(2)3)12-15-11-17(23-4)6-7-18(15)24-16/h6-7,11,14,16H,5,8-10,12-13H2,1-4H3,(H,20,22). The minimum Gasteiger partial charge on any atom is -0.497 e. The highest BCUT2D eigenvalue weighted by Gasteiger charge is 2.22. The Balaban J connectivity index is 1.97. The van der Waals surface area contributed by atoms with Crippen molar-refractivity contribution in [2.45, 2.75) is 46.3 Å². The number of ether oxygens (including phenoxy) is 2. The molecule has 0 bridgehead atoms. The highest BCUT2D eigenvalue weighted by atomic mass is 16.5. The van der Waals surface area contributed by atoms with Crippen LogP contribution in [0.5, 0.6) is 11.5 Å². The zero-order valence-electron chi connectivity index (χ0n) is 15.3.